The van der Waals surface area contributed by atoms with E-state index in [-0.39, 0.29) is 16.6 Å². The number of rotatable bonds is 3. The van der Waals surface area contributed by atoms with E-state index in [9.17, 15) is 8.78 Å². The molecule has 1 aromatic carbocycles. The molecule has 0 amide bonds. The lowest BCUT2D eigenvalue weighted by atomic mass is 10.2. The maximum atomic E-state index is 13.1. The number of halogens is 2. The van der Waals surface area contributed by atoms with Gasteiger partial charge in [-0.2, -0.15) is 0 Å². The molecule has 0 saturated heterocycles. The first-order chi connectivity index (χ1) is 6.50. The fourth-order valence-corrected chi connectivity index (χ4v) is 1.16. The van der Waals surface area contributed by atoms with Gasteiger partial charge in [-0.1, -0.05) is 13.8 Å². The van der Waals surface area contributed by atoms with Gasteiger partial charge in [0.25, 0.3) is 0 Å². The third kappa shape index (κ3) is 2.87. The van der Waals surface area contributed by atoms with Crippen LogP contribution in [0.2, 0.25) is 0 Å². The summed E-state index contributed by atoms with van der Waals surface area (Å²) in [6.07, 6.45) is 0. The molecule has 0 fully saturated rings. The van der Waals surface area contributed by atoms with Gasteiger partial charge in [0.05, 0.1) is 6.61 Å². The molecule has 0 aromatic heterocycles. The van der Waals surface area contributed by atoms with Crippen LogP contribution in [0.4, 0.5) is 8.78 Å². The van der Waals surface area contributed by atoms with Crippen LogP contribution in [0.1, 0.15) is 13.8 Å². The largest absolute Gasteiger partial charge is 0.487 e. The zero-order valence-corrected chi connectivity index (χ0v) is 8.94. The minimum atomic E-state index is -0.712. The molecule has 14 heavy (non-hydrogen) atoms. The lowest BCUT2D eigenvalue weighted by Gasteiger charge is -2.10. The molecule has 0 spiro atoms. The molecule has 0 N–H and O–H groups in total. The van der Waals surface area contributed by atoms with Crippen molar-refractivity contribution >= 4 is 12.6 Å². The van der Waals surface area contributed by atoms with E-state index in [1.165, 1.54) is 0 Å². The molecule has 1 aromatic rings. The molecule has 0 aliphatic rings. The van der Waals surface area contributed by atoms with Gasteiger partial charge in [-0.3, -0.25) is 0 Å². The summed E-state index contributed by atoms with van der Waals surface area (Å²) in [5.74, 6) is -1.52. The summed E-state index contributed by atoms with van der Waals surface area (Å²) in [6.45, 7) is 4.10. The average Bonchev–Trinajstić information content (AvgIpc) is 2.01. The maximum absolute atomic E-state index is 13.1. The van der Waals surface area contributed by atoms with Gasteiger partial charge in [0.15, 0.2) is 17.4 Å². The Morgan fingerprint density at radius 3 is 2.21 bits per heavy atom. The molecular formula is C10H12F2OS. The van der Waals surface area contributed by atoms with Gasteiger partial charge < -0.3 is 4.74 Å². The van der Waals surface area contributed by atoms with E-state index < -0.39 is 11.6 Å². The zero-order chi connectivity index (χ0) is 10.7. The van der Waals surface area contributed by atoms with E-state index in [2.05, 4.69) is 12.6 Å². The normalized spacial score (nSPS) is 10.7. The van der Waals surface area contributed by atoms with E-state index in [0.717, 1.165) is 12.1 Å². The van der Waals surface area contributed by atoms with Crippen molar-refractivity contribution in [3.8, 4) is 5.75 Å². The van der Waals surface area contributed by atoms with Crippen LogP contribution in [0.3, 0.4) is 0 Å². The van der Waals surface area contributed by atoms with Crippen LogP contribution in [0.5, 0.6) is 5.75 Å². The van der Waals surface area contributed by atoms with E-state index in [1.807, 2.05) is 13.8 Å². The van der Waals surface area contributed by atoms with Gasteiger partial charge in [-0.15, -0.1) is 12.6 Å². The molecule has 0 heterocycles. The predicted molar refractivity (Wildman–Crippen MR) is 53.9 cm³/mol. The molecular weight excluding hydrogens is 206 g/mol. The van der Waals surface area contributed by atoms with Crippen LogP contribution in [0.15, 0.2) is 17.0 Å². The second-order valence-electron chi connectivity index (χ2n) is 3.44. The first-order valence-electron chi connectivity index (χ1n) is 4.31. The molecule has 0 aliphatic carbocycles. The van der Waals surface area contributed by atoms with Crippen molar-refractivity contribution in [2.75, 3.05) is 6.61 Å². The molecule has 0 saturated carbocycles. The van der Waals surface area contributed by atoms with Crippen molar-refractivity contribution in [3.05, 3.63) is 23.8 Å². The monoisotopic (exact) mass is 218 g/mol. The molecule has 4 heteroatoms. The highest BCUT2D eigenvalue weighted by molar-refractivity contribution is 7.80. The Kier molecular flexibility index (Phi) is 3.75. The van der Waals surface area contributed by atoms with Gasteiger partial charge in [0, 0.05) is 4.90 Å². The predicted octanol–water partition coefficient (Wildman–Crippen LogP) is 3.29. The molecule has 0 bridgehead atoms. The van der Waals surface area contributed by atoms with Gasteiger partial charge in [0.2, 0.25) is 0 Å². The van der Waals surface area contributed by atoms with Crippen molar-refractivity contribution in [3.63, 3.8) is 0 Å². The standard InChI is InChI=1S/C10H12F2OS/c1-6(2)5-13-10-8(11)3-7(14)4-9(10)12/h3-4,6,14H,5H2,1-2H3. The number of ether oxygens (including phenoxy) is 1. The topological polar surface area (TPSA) is 9.23 Å². The van der Waals surface area contributed by atoms with Crippen LogP contribution in [0.25, 0.3) is 0 Å². The molecule has 0 radical (unpaired) electrons. The summed E-state index contributed by atoms with van der Waals surface area (Å²) in [5.41, 5.74) is 0. The first kappa shape index (κ1) is 11.3. The van der Waals surface area contributed by atoms with E-state index >= 15 is 0 Å². The summed E-state index contributed by atoms with van der Waals surface area (Å²) in [5, 5.41) is 0. The highest BCUT2D eigenvalue weighted by Crippen LogP contribution is 2.25. The Bertz CT molecular complexity index is 303. The van der Waals surface area contributed by atoms with E-state index in [4.69, 9.17) is 4.74 Å². The fourth-order valence-electron chi connectivity index (χ4n) is 0.934. The number of hydrogen-bond acceptors (Lipinski definition) is 2. The quantitative estimate of drug-likeness (QED) is 0.766. The molecule has 0 aliphatic heterocycles. The highest BCUT2D eigenvalue weighted by atomic mass is 32.1. The average molecular weight is 218 g/mol. The third-order valence-electron chi connectivity index (χ3n) is 1.54. The summed E-state index contributed by atoms with van der Waals surface area (Å²) < 4.78 is 31.3. The van der Waals surface area contributed by atoms with Crippen LogP contribution in [0, 0.1) is 17.6 Å². The Morgan fingerprint density at radius 1 is 1.29 bits per heavy atom. The highest BCUT2D eigenvalue weighted by Gasteiger charge is 2.11. The molecule has 1 nitrogen and oxygen atoms in total. The maximum Gasteiger partial charge on any atom is 0.190 e. The summed E-state index contributed by atoms with van der Waals surface area (Å²) in [4.78, 5) is 0.247. The van der Waals surface area contributed by atoms with Crippen LogP contribution in [-0.4, -0.2) is 6.61 Å². The number of benzene rings is 1. The fraction of sp³-hybridized carbons (Fsp3) is 0.400. The molecule has 0 unspecified atom stereocenters. The minimum Gasteiger partial charge on any atom is -0.487 e. The SMILES string of the molecule is CC(C)COc1c(F)cc(S)cc1F. The van der Waals surface area contributed by atoms with Crippen LogP contribution < -0.4 is 4.74 Å². The van der Waals surface area contributed by atoms with E-state index in [0.29, 0.717) is 6.61 Å². The van der Waals surface area contributed by atoms with Crippen LogP contribution >= 0.6 is 12.6 Å². The van der Waals surface area contributed by atoms with Crippen molar-refractivity contribution < 1.29 is 13.5 Å². The van der Waals surface area contributed by atoms with Crippen molar-refractivity contribution in [2.24, 2.45) is 5.92 Å². The molecule has 78 valence electrons. The van der Waals surface area contributed by atoms with Gasteiger partial charge in [-0.05, 0) is 18.1 Å². The van der Waals surface area contributed by atoms with Crippen molar-refractivity contribution in [1.29, 1.82) is 0 Å². The lowest BCUT2D eigenvalue weighted by Crippen LogP contribution is -2.07. The van der Waals surface area contributed by atoms with Gasteiger partial charge in [-0.25, -0.2) is 8.78 Å². The Morgan fingerprint density at radius 2 is 1.79 bits per heavy atom. The first-order valence-corrected chi connectivity index (χ1v) is 4.76. The summed E-state index contributed by atoms with van der Waals surface area (Å²) >= 11 is 3.84. The number of thiol groups is 1. The minimum absolute atomic E-state index is 0.226. The second kappa shape index (κ2) is 4.64. The Balaban J connectivity index is 2.86. The van der Waals surface area contributed by atoms with Crippen molar-refractivity contribution in [2.45, 2.75) is 18.7 Å². The number of hydrogen-bond donors (Lipinski definition) is 1. The lowest BCUT2D eigenvalue weighted by molar-refractivity contribution is 0.246. The second-order valence-corrected chi connectivity index (χ2v) is 3.96. The zero-order valence-electron chi connectivity index (χ0n) is 8.05. The Hall–Kier alpha value is -0.770. The summed E-state index contributed by atoms with van der Waals surface area (Å²) in [6, 6.07) is 2.25. The van der Waals surface area contributed by atoms with Crippen molar-refractivity contribution in [1.82, 2.24) is 0 Å². The summed E-state index contributed by atoms with van der Waals surface area (Å²) in [7, 11) is 0. The van der Waals surface area contributed by atoms with Gasteiger partial charge in [0.1, 0.15) is 0 Å². The smallest absolute Gasteiger partial charge is 0.190 e. The van der Waals surface area contributed by atoms with Crippen LogP contribution in [-0.2, 0) is 0 Å². The molecule has 1 rings (SSSR count). The van der Waals surface area contributed by atoms with E-state index in [1.54, 1.807) is 0 Å². The third-order valence-corrected chi connectivity index (χ3v) is 1.80. The Labute approximate surface area is 87.5 Å². The molecule has 0 atom stereocenters. The van der Waals surface area contributed by atoms with Gasteiger partial charge >= 0.3 is 0 Å².